The van der Waals surface area contributed by atoms with Crippen molar-refractivity contribution in [3.8, 4) is 11.4 Å². The molecule has 0 saturated carbocycles. The van der Waals surface area contributed by atoms with Crippen LogP contribution in [0.2, 0.25) is 0 Å². The summed E-state index contributed by atoms with van der Waals surface area (Å²) in [4.78, 5) is 9.16. The molecule has 2 aromatic heterocycles. The Labute approximate surface area is 163 Å². The molecule has 4 aromatic rings. The van der Waals surface area contributed by atoms with Gasteiger partial charge in [-0.25, -0.2) is 9.97 Å². The highest BCUT2D eigenvalue weighted by atomic mass is 16.7. The third kappa shape index (κ3) is 2.56. The van der Waals surface area contributed by atoms with E-state index in [1.807, 2.05) is 58.0 Å². The molecule has 0 N–H and O–H groups in total. The van der Waals surface area contributed by atoms with Crippen molar-refractivity contribution in [2.45, 2.75) is 38.9 Å². The molecule has 1 aliphatic rings. The van der Waals surface area contributed by atoms with Crippen molar-refractivity contribution < 1.29 is 13.7 Å². The highest BCUT2D eigenvalue weighted by Crippen LogP contribution is 2.37. The van der Waals surface area contributed by atoms with Crippen LogP contribution in [0, 0.1) is 0 Å². The number of aromatic nitrogens is 2. The molecule has 6 heteroatoms. The Balaban J connectivity index is 1.53. The molecule has 0 aliphatic carbocycles. The summed E-state index contributed by atoms with van der Waals surface area (Å²) in [6.45, 7) is 8.13. The van der Waals surface area contributed by atoms with Crippen molar-refractivity contribution in [3.63, 3.8) is 0 Å². The third-order valence-electron chi connectivity index (χ3n) is 5.84. The van der Waals surface area contributed by atoms with Gasteiger partial charge in [0, 0.05) is 28.6 Å². The Morgan fingerprint density at radius 3 is 2.14 bits per heavy atom. The molecule has 2 aromatic carbocycles. The lowest BCUT2D eigenvalue weighted by Gasteiger charge is -2.32. The number of benzene rings is 2. The second-order valence-electron chi connectivity index (χ2n) is 8.21. The van der Waals surface area contributed by atoms with Crippen molar-refractivity contribution in [2.75, 3.05) is 0 Å². The molecule has 1 saturated heterocycles. The van der Waals surface area contributed by atoms with Gasteiger partial charge in [-0.3, -0.25) is 0 Å². The van der Waals surface area contributed by atoms with E-state index in [1.165, 1.54) is 0 Å². The molecule has 1 fully saturated rings. The second kappa shape index (κ2) is 5.90. The van der Waals surface area contributed by atoms with Crippen molar-refractivity contribution in [1.29, 1.82) is 0 Å². The molecule has 5 nitrogen and oxygen atoms in total. The van der Waals surface area contributed by atoms with Crippen LogP contribution >= 0.6 is 0 Å². The fourth-order valence-electron chi connectivity index (χ4n) is 3.50. The SMILES string of the molecule is CC1(C)OB(c2cnc(-c3cccc4c3oc3ccccc34)nc2)OC1(C)C. The average Bonchev–Trinajstić information content (AvgIpc) is 3.15. The molecule has 0 atom stereocenters. The van der Waals surface area contributed by atoms with E-state index in [2.05, 4.69) is 22.1 Å². The van der Waals surface area contributed by atoms with Crippen molar-refractivity contribution in [2.24, 2.45) is 0 Å². The Hall–Kier alpha value is -2.70. The molecule has 140 valence electrons. The van der Waals surface area contributed by atoms with Crippen LogP contribution in [0.4, 0.5) is 0 Å². The van der Waals surface area contributed by atoms with Gasteiger partial charge in [0.1, 0.15) is 11.2 Å². The molecule has 0 spiro atoms. The number of nitrogens with zero attached hydrogens (tertiary/aromatic N) is 2. The van der Waals surface area contributed by atoms with Gasteiger partial charge in [-0.15, -0.1) is 0 Å². The van der Waals surface area contributed by atoms with Gasteiger partial charge >= 0.3 is 7.12 Å². The van der Waals surface area contributed by atoms with Gasteiger partial charge in [0.05, 0.1) is 16.8 Å². The maximum Gasteiger partial charge on any atom is 0.498 e. The summed E-state index contributed by atoms with van der Waals surface area (Å²) in [5.41, 5.74) is 2.55. The van der Waals surface area contributed by atoms with Gasteiger partial charge in [0.2, 0.25) is 0 Å². The maximum absolute atomic E-state index is 6.09. The number of para-hydroxylation sites is 2. The maximum atomic E-state index is 6.09. The van der Waals surface area contributed by atoms with Crippen LogP contribution in [0.15, 0.2) is 59.3 Å². The lowest BCUT2D eigenvalue weighted by atomic mass is 9.81. The minimum absolute atomic E-state index is 0.393. The summed E-state index contributed by atoms with van der Waals surface area (Å²) in [5.74, 6) is 0.616. The molecule has 1 aliphatic heterocycles. The zero-order valence-corrected chi connectivity index (χ0v) is 16.4. The predicted molar refractivity (Wildman–Crippen MR) is 110 cm³/mol. The van der Waals surface area contributed by atoms with Crippen LogP contribution in [-0.4, -0.2) is 28.3 Å². The Kier molecular flexibility index (Phi) is 3.67. The number of hydrogen-bond donors (Lipinski definition) is 0. The van der Waals surface area contributed by atoms with Crippen LogP contribution in [0.1, 0.15) is 27.7 Å². The fourth-order valence-corrected chi connectivity index (χ4v) is 3.50. The minimum atomic E-state index is -0.471. The molecule has 0 bridgehead atoms. The van der Waals surface area contributed by atoms with E-state index in [1.54, 1.807) is 12.4 Å². The van der Waals surface area contributed by atoms with Crippen LogP contribution in [0.3, 0.4) is 0 Å². The lowest BCUT2D eigenvalue weighted by molar-refractivity contribution is 0.00578. The third-order valence-corrected chi connectivity index (χ3v) is 5.84. The zero-order chi connectivity index (χ0) is 19.5. The van der Waals surface area contributed by atoms with Crippen molar-refractivity contribution in [1.82, 2.24) is 9.97 Å². The number of hydrogen-bond acceptors (Lipinski definition) is 5. The second-order valence-corrected chi connectivity index (χ2v) is 8.21. The van der Waals surface area contributed by atoms with E-state index in [9.17, 15) is 0 Å². The van der Waals surface area contributed by atoms with Gasteiger partial charge in [0.25, 0.3) is 0 Å². The Morgan fingerprint density at radius 2 is 1.43 bits per heavy atom. The molecular weight excluding hydrogens is 351 g/mol. The monoisotopic (exact) mass is 372 g/mol. The summed E-state index contributed by atoms with van der Waals surface area (Å²) < 4.78 is 18.3. The van der Waals surface area contributed by atoms with Gasteiger partial charge in [0.15, 0.2) is 5.82 Å². The molecule has 0 amide bonds. The highest BCUT2D eigenvalue weighted by Gasteiger charge is 2.51. The van der Waals surface area contributed by atoms with Crippen LogP contribution < -0.4 is 5.46 Å². The summed E-state index contributed by atoms with van der Waals surface area (Å²) in [7, 11) is -0.471. The van der Waals surface area contributed by atoms with Crippen molar-refractivity contribution in [3.05, 3.63) is 54.9 Å². The summed E-state index contributed by atoms with van der Waals surface area (Å²) >= 11 is 0. The number of fused-ring (bicyclic) bond motifs is 3. The zero-order valence-electron chi connectivity index (χ0n) is 16.4. The van der Waals surface area contributed by atoms with Crippen molar-refractivity contribution >= 4 is 34.5 Å². The van der Waals surface area contributed by atoms with Crippen LogP contribution in [-0.2, 0) is 9.31 Å². The molecule has 3 heterocycles. The highest BCUT2D eigenvalue weighted by molar-refractivity contribution is 6.61. The van der Waals surface area contributed by atoms with Crippen LogP contribution in [0.25, 0.3) is 33.3 Å². The first-order valence-corrected chi connectivity index (χ1v) is 9.44. The Bertz CT molecular complexity index is 1170. The topological polar surface area (TPSA) is 57.4 Å². The van der Waals surface area contributed by atoms with Gasteiger partial charge in [-0.1, -0.05) is 30.3 Å². The summed E-state index contributed by atoms with van der Waals surface area (Å²) in [6.07, 6.45) is 3.54. The first kappa shape index (κ1) is 17.4. The number of rotatable bonds is 2. The molecule has 0 unspecified atom stereocenters. The summed E-state index contributed by atoms with van der Waals surface area (Å²) in [5, 5.41) is 2.15. The fraction of sp³-hybridized carbons (Fsp3) is 0.273. The van der Waals surface area contributed by atoms with E-state index >= 15 is 0 Å². The van der Waals surface area contributed by atoms with E-state index < -0.39 is 18.3 Å². The largest absolute Gasteiger partial charge is 0.498 e. The van der Waals surface area contributed by atoms with E-state index in [0.29, 0.717) is 5.82 Å². The quantitative estimate of drug-likeness (QED) is 0.490. The first-order valence-electron chi connectivity index (χ1n) is 9.44. The average molecular weight is 372 g/mol. The standard InChI is InChI=1S/C22H21BN2O3/c1-21(2)22(3,4)28-23(27-21)14-12-24-20(25-13-14)17-10-7-9-16-15-8-5-6-11-18(15)26-19(16)17/h5-13H,1-4H3. The van der Waals surface area contributed by atoms with E-state index in [4.69, 9.17) is 13.7 Å². The first-order chi connectivity index (χ1) is 13.4. The summed E-state index contributed by atoms with van der Waals surface area (Å²) in [6, 6.07) is 14.1. The molecular formula is C22H21BN2O3. The molecule has 5 rings (SSSR count). The normalized spacial score (nSPS) is 18.2. The minimum Gasteiger partial charge on any atom is -0.455 e. The lowest BCUT2D eigenvalue weighted by Crippen LogP contribution is -2.41. The smallest absolute Gasteiger partial charge is 0.455 e. The Morgan fingerprint density at radius 1 is 0.786 bits per heavy atom. The van der Waals surface area contributed by atoms with E-state index in [0.717, 1.165) is 33.0 Å². The van der Waals surface area contributed by atoms with Gasteiger partial charge in [-0.2, -0.15) is 0 Å². The predicted octanol–water partition coefficient (Wildman–Crippen LogP) is 4.34. The van der Waals surface area contributed by atoms with Gasteiger partial charge in [-0.05, 0) is 39.8 Å². The number of furan rings is 1. The molecule has 0 radical (unpaired) electrons. The van der Waals surface area contributed by atoms with Crippen LogP contribution in [0.5, 0.6) is 0 Å². The van der Waals surface area contributed by atoms with Gasteiger partial charge < -0.3 is 13.7 Å². The molecule has 28 heavy (non-hydrogen) atoms. The van der Waals surface area contributed by atoms with E-state index in [-0.39, 0.29) is 0 Å².